The summed E-state index contributed by atoms with van der Waals surface area (Å²) in [7, 11) is 0. The summed E-state index contributed by atoms with van der Waals surface area (Å²) in [5, 5.41) is 4.33. The Bertz CT molecular complexity index is 427. The van der Waals surface area contributed by atoms with Gasteiger partial charge in [0.1, 0.15) is 6.61 Å². The van der Waals surface area contributed by atoms with Crippen LogP contribution in [-0.2, 0) is 11.4 Å². The Hall–Kier alpha value is -0.610. The Kier molecular flexibility index (Phi) is 6.30. The molecule has 4 heteroatoms. The topological polar surface area (TPSA) is 21.6 Å². The fourth-order valence-electron chi connectivity index (χ4n) is 2.13. The number of hydrogen-bond acceptors (Lipinski definition) is 4. The van der Waals surface area contributed by atoms with Gasteiger partial charge in [0.2, 0.25) is 0 Å². The van der Waals surface area contributed by atoms with Crippen LogP contribution in [0.4, 0.5) is 0 Å². The van der Waals surface area contributed by atoms with Crippen molar-refractivity contribution in [2.45, 2.75) is 43.8 Å². The summed E-state index contributed by atoms with van der Waals surface area (Å²) in [5.74, 6) is 2.56. The molecule has 110 valence electrons. The molecule has 0 amide bonds. The van der Waals surface area contributed by atoms with Crippen LogP contribution in [0.2, 0.25) is 0 Å². The predicted molar refractivity (Wildman–Crippen MR) is 91.5 cm³/mol. The first kappa shape index (κ1) is 15.8. The summed E-state index contributed by atoms with van der Waals surface area (Å²) in [5.41, 5.74) is 2.34. The maximum atomic E-state index is 5.50. The van der Waals surface area contributed by atoms with Gasteiger partial charge < -0.3 is 4.84 Å². The highest BCUT2D eigenvalue weighted by Crippen LogP contribution is 2.46. The molecular formula is C16H23NOS2. The number of thioether (sulfide) groups is 2. The second-order valence-electron chi connectivity index (χ2n) is 5.10. The fourth-order valence-corrected chi connectivity index (χ4v) is 4.99. The van der Waals surface area contributed by atoms with Crippen LogP contribution < -0.4 is 0 Å². The Labute approximate surface area is 130 Å². The average Bonchev–Trinajstić information content (AvgIpc) is 2.91. The molecule has 0 spiro atoms. The quantitative estimate of drug-likeness (QED) is 0.525. The molecule has 2 nitrogen and oxygen atoms in total. The lowest BCUT2D eigenvalue weighted by Gasteiger charge is -2.21. The SMILES string of the molecule is CC/C(CCC1(C)SCCS1)=N\OCc1ccccc1. The van der Waals surface area contributed by atoms with Crippen molar-refractivity contribution in [3.05, 3.63) is 35.9 Å². The van der Waals surface area contributed by atoms with E-state index in [1.165, 1.54) is 29.2 Å². The summed E-state index contributed by atoms with van der Waals surface area (Å²) >= 11 is 4.17. The van der Waals surface area contributed by atoms with Crippen LogP contribution in [0.5, 0.6) is 0 Å². The smallest absolute Gasteiger partial charge is 0.142 e. The van der Waals surface area contributed by atoms with Gasteiger partial charge in [-0.15, -0.1) is 23.5 Å². The van der Waals surface area contributed by atoms with Gasteiger partial charge in [-0.05, 0) is 31.7 Å². The lowest BCUT2D eigenvalue weighted by atomic mass is 10.1. The Balaban J connectivity index is 1.77. The second kappa shape index (κ2) is 7.99. The molecule has 0 aromatic heterocycles. The van der Waals surface area contributed by atoms with Crippen molar-refractivity contribution in [1.82, 2.24) is 0 Å². The van der Waals surface area contributed by atoms with Crippen molar-refractivity contribution >= 4 is 29.2 Å². The molecule has 20 heavy (non-hydrogen) atoms. The highest BCUT2D eigenvalue weighted by atomic mass is 32.2. The minimum absolute atomic E-state index is 0.384. The van der Waals surface area contributed by atoms with Crippen molar-refractivity contribution in [2.75, 3.05) is 11.5 Å². The van der Waals surface area contributed by atoms with Crippen LogP contribution in [0.1, 0.15) is 38.7 Å². The van der Waals surface area contributed by atoms with Crippen molar-refractivity contribution in [3.63, 3.8) is 0 Å². The average molecular weight is 309 g/mol. The monoisotopic (exact) mass is 309 g/mol. The van der Waals surface area contributed by atoms with E-state index in [-0.39, 0.29) is 0 Å². The van der Waals surface area contributed by atoms with Gasteiger partial charge in [0.05, 0.1) is 9.79 Å². The summed E-state index contributed by atoms with van der Waals surface area (Å²) in [4.78, 5) is 5.50. The standard InChI is InChI=1S/C16H23NOS2/c1-3-15(9-10-16(2)19-11-12-20-16)17-18-13-14-7-5-4-6-8-14/h4-8H,3,9-13H2,1-2H3/b17-15+. The van der Waals surface area contributed by atoms with E-state index in [0.717, 1.165) is 12.8 Å². The molecule has 0 aliphatic carbocycles. The first-order valence-electron chi connectivity index (χ1n) is 7.21. The Morgan fingerprint density at radius 2 is 1.95 bits per heavy atom. The fraction of sp³-hybridized carbons (Fsp3) is 0.562. The molecule has 0 unspecified atom stereocenters. The van der Waals surface area contributed by atoms with Gasteiger partial charge in [-0.1, -0.05) is 42.4 Å². The molecule has 1 aromatic carbocycles. The van der Waals surface area contributed by atoms with E-state index in [4.69, 9.17) is 4.84 Å². The molecule has 0 atom stereocenters. The zero-order chi connectivity index (χ0) is 14.3. The molecule has 1 heterocycles. The molecule has 1 saturated heterocycles. The number of nitrogens with zero attached hydrogens (tertiary/aromatic N) is 1. The largest absolute Gasteiger partial charge is 0.391 e. The molecule has 0 saturated carbocycles. The van der Waals surface area contributed by atoms with Crippen molar-refractivity contribution in [2.24, 2.45) is 5.16 Å². The molecule has 0 N–H and O–H groups in total. The van der Waals surface area contributed by atoms with Crippen LogP contribution in [0.3, 0.4) is 0 Å². The van der Waals surface area contributed by atoms with Crippen LogP contribution in [0.25, 0.3) is 0 Å². The molecule has 1 aliphatic heterocycles. The van der Waals surface area contributed by atoms with Crippen LogP contribution in [0, 0.1) is 0 Å². The summed E-state index contributed by atoms with van der Waals surface area (Å²) in [6.45, 7) is 5.07. The van der Waals surface area contributed by atoms with Gasteiger partial charge in [-0.25, -0.2) is 0 Å². The van der Waals surface area contributed by atoms with Gasteiger partial charge in [0.25, 0.3) is 0 Å². The highest BCUT2D eigenvalue weighted by Gasteiger charge is 2.30. The molecule has 1 aliphatic rings. The Morgan fingerprint density at radius 3 is 2.60 bits per heavy atom. The van der Waals surface area contributed by atoms with Crippen molar-refractivity contribution in [3.8, 4) is 0 Å². The van der Waals surface area contributed by atoms with Gasteiger partial charge in [-0.3, -0.25) is 0 Å². The minimum atomic E-state index is 0.384. The number of rotatable bonds is 7. The second-order valence-corrected chi connectivity index (χ2v) is 8.56. The molecule has 2 rings (SSSR count). The third-order valence-electron chi connectivity index (χ3n) is 3.44. The maximum Gasteiger partial charge on any atom is 0.142 e. The van der Waals surface area contributed by atoms with E-state index in [1.807, 2.05) is 18.2 Å². The summed E-state index contributed by atoms with van der Waals surface area (Å²) < 4.78 is 0.384. The molecule has 0 bridgehead atoms. The van der Waals surface area contributed by atoms with Crippen LogP contribution in [0.15, 0.2) is 35.5 Å². The third-order valence-corrected chi connectivity index (χ3v) is 6.85. The molecule has 1 aromatic rings. The zero-order valence-corrected chi connectivity index (χ0v) is 13.9. The van der Waals surface area contributed by atoms with E-state index in [0.29, 0.717) is 10.7 Å². The zero-order valence-electron chi connectivity index (χ0n) is 12.3. The first-order valence-corrected chi connectivity index (χ1v) is 9.18. The molecule has 0 radical (unpaired) electrons. The number of hydrogen-bond donors (Lipinski definition) is 0. The van der Waals surface area contributed by atoms with Gasteiger partial charge in [0, 0.05) is 11.5 Å². The predicted octanol–water partition coefficient (Wildman–Crippen LogP) is 4.95. The van der Waals surface area contributed by atoms with E-state index in [2.05, 4.69) is 54.7 Å². The normalized spacial score (nSPS) is 18.2. The summed E-state index contributed by atoms with van der Waals surface area (Å²) in [6.07, 6.45) is 3.20. The van der Waals surface area contributed by atoms with E-state index < -0.39 is 0 Å². The molecule has 1 fully saturated rings. The number of oxime groups is 1. The highest BCUT2D eigenvalue weighted by molar-refractivity contribution is 8.21. The van der Waals surface area contributed by atoms with Crippen LogP contribution >= 0.6 is 23.5 Å². The summed E-state index contributed by atoms with van der Waals surface area (Å²) in [6, 6.07) is 10.2. The van der Waals surface area contributed by atoms with E-state index in [9.17, 15) is 0 Å². The third kappa shape index (κ3) is 5.06. The van der Waals surface area contributed by atoms with E-state index >= 15 is 0 Å². The maximum absolute atomic E-state index is 5.50. The first-order chi connectivity index (χ1) is 9.72. The van der Waals surface area contributed by atoms with Crippen molar-refractivity contribution < 1.29 is 4.84 Å². The molecular weight excluding hydrogens is 286 g/mol. The van der Waals surface area contributed by atoms with Crippen LogP contribution in [-0.4, -0.2) is 21.3 Å². The van der Waals surface area contributed by atoms with Crippen molar-refractivity contribution in [1.29, 1.82) is 0 Å². The van der Waals surface area contributed by atoms with Gasteiger partial charge in [-0.2, -0.15) is 0 Å². The van der Waals surface area contributed by atoms with Gasteiger partial charge >= 0.3 is 0 Å². The van der Waals surface area contributed by atoms with E-state index in [1.54, 1.807) is 0 Å². The lowest BCUT2D eigenvalue weighted by molar-refractivity contribution is 0.129. The minimum Gasteiger partial charge on any atom is -0.391 e. The number of benzene rings is 1. The van der Waals surface area contributed by atoms with Gasteiger partial charge in [0.15, 0.2) is 0 Å². The Morgan fingerprint density at radius 1 is 1.25 bits per heavy atom. The lowest BCUT2D eigenvalue weighted by Crippen LogP contribution is -2.13.